The summed E-state index contributed by atoms with van der Waals surface area (Å²) in [5.41, 5.74) is 2.10. The van der Waals surface area contributed by atoms with Crippen LogP contribution in [0.4, 0.5) is 0 Å². The smallest absolute Gasteiger partial charge is 0.321 e. The van der Waals surface area contributed by atoms with Gasteiger partial charge in [-0.05, 0) is 41.5 Å². The van der Waals surface area contributed by atoms with Gasteiger partial charge in [0.05, 0.1) is 17.6 Å². The highest BCUT2D eigenvalue weighted by molar-refractivity contribution is 7.55. The number of hydrogen-bond acceptors (Lipinski definition) is 5. The summed E-state index contributed by atoms with van der Waals surface area (Å²) in [4.78, 5) is 53.1. The SMILES string of the molecule is O=c1nc2n(-c3ccccc3)c3ccccc3nc-2c(=O)n1Cc1ccc(/C=C/P(=O)(O)O)cc1. The first-order chi connectivity index (χ1) is 16.8. The van der Waals surface area contributed by atoms with Gasteiger partial charge < -0.3 is 9.79 Å². The minimum Gasteiger partial charge on any atom is -0.321 e. The predicted octanol–water partition coefficient (Wildman–Crippen LogP) is 3.24. The van der Waals surface area contributed by atoms with E-state index in [0.29, 0.717) is 22.2 Å². The van der Waals surface area contributed by atoms with E-state index in [4.69, 9.17) is 9.79 Å². The highest BCUT2D eigenvalue weighted by atomic mass is 31.2. The van der Waals surface area contributed by atoms with Gasteiger partial charge in [0.25, 0.3) is 5.56 Å². The van der Waals surface area contributed by atoms with Gasteiger partial charge in [0.1, 0.15) is 0 Å². The number of fused-ring (bicyclic) bond motifs is 2. The van der Waals surface area contributed by atoms with Crippen LogP contribution >= 0.6 is 7.60 Å². The maximum Gasteiger partial charge on any atom is 0.352 e. The third-order valence-electron chi connectivity index (χ3n) is 5.45. The van der Waals surface area contributed by atoms with Gasteiger partial charge in [-0.25, -0.2) is 9.78 Å². The van der Waals surface area contributed by atoms with Crippen molar-refractivity contribution in [3.63, 3.8) is 0 Å². The number of hydrogen-bond donors (Lipinski definition) is 2. The Morgan fingerprint density at radius 2 is 1.54 bits per heavy atom. The molecule has 3 aromatic rings. The summed E-state index contributed by atoms with van der Waals surface area (Å²) >= 11 is 0. The van der Waals surface area contributed by atoms with E-state index >= 15 is 0 Å². The molecule has 0 unspecified atom stereocenters. The Kier molecular flexibility index (Phi) is 5.74. The second-order valence-corrected chi connectivity index (χ2v) is 9.35. The summed E-state index contributed by atoms with van der Waals surface area (Å²) in [6.07, 6.45) is 1.31. The normalized spacial score (nSPS) is 12.1. The number of nitrogens with zero attached hydrogens (tertiary/aromatic N) is 4. The molecule has 0 bridgehead atoms. The molecular formula is C25H19N4O5P. The molecule has 2 heterocycles. The average molecular weight is 486 g/mol. The number of rotatable bonds is 5. The molecule has 2 aliphatic rings. The number of aromatic nitrogens is 4. The first-order valence-corrected chi connectivity index (χ1v) is 12.3. The molecule has 0 aliphatic carbocycles. The van der Waals surface area contributed by atoms with Gasteiger partial charge in [0.15, 0.2) is 11.5 Å². The van der Waals surface area contributed by atoms with Crippen LogP contribution in [0.25, 0.3) is 34.3 Å². The molecule has 2 N–H and O–H groups in total. The van der Waals surface area contributed by atoms with Gasteiger partial charge in [0.2, 0.25) is 0 Å². The molecule has 2 aliphatic heterocycles. The van der Waals surface area contributed by atoms with E-state index in [1.807, 2.05) is 48.5 Å². The molecule has 5 rings (SSSR count). The fraction of sp³-hybridized carbons (Fsp3) is 0.0400. The van der Waals surface area contributed by atoms with E-state index in [2.05, 4.69) is 9.97 Å². The summed E-state index contributed by atoms with van der Waals surface area (Å²) in [5, 5.41) is 0. The Bertz CT molecular complexity index is 1700. The van der Waals surface area contributed by atoms with Gasteiger partial charge in [-0.2, -0.15) is 4.98 Å². The van der Waals surface area contributed by atoms with Crippen LogP contribution in [0.3, 0.4) is 0 Å². The van der Waals surface area contributed by atoms with Crippen LogP contribution in [0.1, 0.15) is 11.1 Å². The van der Waals surface area contributed by atoms with Crippen LogP contribution in [-0.4, -0.2) is 28.9 Å². The maximum absolute atomic E-state index is 13.4. The van der Waals surface area contributed by atoms with Crippen molar-refractivity contribution in [1.29, 1.82) is 0 Å². The minimum absolute atomic E-state index is 0.0249. The van der Waals surface area contributed by atoms with E-state index in [1.54, 1.807) is 34.9 Å². The lowest BCUT2D eigenvalue weighted by Gasteiger charge is -2.18. The molecule has 0 saturated carbocycles. The maximum atomic E-state index is 13.4. The van der Waals surface area contributed by atoms with Crippen molar-refractivity contribution < 1.29 is 14.4 Å². The zero-order valence-corrected chi connectivity index (χ0v) is 19.1. The van der Waals surface area contributed by atoms with Gasteiger partial charge in [-0.3, -0.25) is 18.5 Å². The minimum atomic E-state index is -4.26. The quantitative estimate of drug-likeness (QED) is 0.288. The summed E-state index contributed by atoms with van der Waals surface area (Å²) < 4.78 is 13.8. The second kappa shape index (κ2) is 8.88. The van der Waals surface area contributed by atoms with Crippen molar-refractivity contribution in [3.05, 3.63) is 117 Å². The third kappa shape index (κ3) is 4.61. The van der Waals surface area contributed by atoms with Crippen molar-refractivity contribution in [1.82, 2.24) is 19.1 Å². The molecule has 174 valence electrons. The van der Waals surface area contributed by atoms with Crippen LogP contribution in [0.15, 0.2) is 94.3 Å². The molecule has 0 amide bonds. The zero-order chi connectivity index (χ0) is 24.6. The van der Waals surface area contributed by atoms with E-state index in [1.165, 1.54) is 6.08 Å². The number of para-hydroxylation sites is 3. The van der Waals surface area contributed by atoms with E-state index < -0.39 is 18.8 Å². The molecule has 0 fully saturated rings. The Morgan fingerprint density at radius 3 is 2.26 bits per heavy atom. The Balaban J connectivity index is 1.63. The molecule has 9 nitrogen and oxygen atoms in total. The van der Waals surface area contributed by atoms with E-state index in [0.717, 1.165) is 16.1 Å². The summed E-state index contributed by atoms with van der Waals surface area (Å²) in [5.74, 6) is 0.993. The molecular weight excluding hydrogens is 467 g/mol. The standard InChI is InChI=1S/C25H19N4O5P/c30-24-22-23(29(19-6-2-1-3-7-19)21-9-5-4-8-20(21)26-22)27-25(31)28(24)16-18-12-10-17(11-13-18)14-15-35(32,33)34/h1-15H,16H2,(H2,32,33,34)/b15-14+. The van der Waals surface area contributed by atoms with Gasteiger partial charge in [-0.1, -0.05) is 54.6 Å². The lowest BCUT2D eigenvalue weighted by Crippen LogP contribution is -2.38. The molecule has 10 heteroatoms. The Morgan fingerprint density at radius 1 is 0.857 bits per heavy atom. The number of benzene rings is 3. The first-order valence-electron chi connectivity index (χ1n) is 10.6. The van der Waals surface area contributed by atoms with Gasteiger partial charge in [0, 0.05) is 11.5 Å². The molecule has 35 heavy (non-hydrogen) atoms. The second-order valence-electron chi connectivity index (χ2n) is 7.88. The predicted molar refractivity (Wildman–Crippen MR) is 133 cm³/mol. The fourth-order valence-electron chi connectivity index (χ4n) is 3.83. The zero-order valence-electron chi connectivity index (χ0n) is 18.2. The van der Waals surface area contributed by atoms with Crippen LogP contribution in [0, 0.1) is 0 Å². The van der Waals surface area contributed by atoms with E-state index in [-0.39, 0.29) is 18.1 Å². The van der Waals surface area contributed by atoms with Crippen molar-refractivity contribution in [2.24, 2.45) is 0 Å². The molecule has 0 spiro atoms. The van der Waals surface area contributed by atoms with Crippen molar-refractivity contribution in [2.45, 2.75) is 6.54 Å². The van der Waals surface area contributed by atoms with Crippen molar-refractivity contribution in [3.8, 4) is 17.2 Å². The van der Waals surface area contributed by atoms with Crippen LogP contribution in [0.2, 0.25) is 0 Å². The van der Waals surface area contributed by atoms with Gasteiger partial charge in [-0.15, -0.1) is 0 Å². The monoisotopic (exact) mass is 486 g/mol. The molecule has 3 aromatic carbocycles. The lowest BCUT2D eigenvalue weighted by atomic mass is 10.1. The lowest BCUT2D eigenvalue weighted by molar-refractivity contribution is 0.386. The van der Waals surface area contributed by atoms with Crippen LogP contribution in [-0.2, 0) is 11.1 Å². The highest BCUT2D eigenvalue weighted by Gasteiger charge is 2.22. The summed E-state index contributed by atoms with van der Waals surface area (Å²) in [6, 6.07) is 23.3. The average Bonchev–Trinajstić information content (AvgIpc) is 2.85. The van der Waals surface area contributed by atoms with Crippen molar-refractivity contribution >= 4 is 24.7 Å². The topological polar surface area (TPSA) is 127 Å². The van der Waals surface area contributed by atoms with Crippen LogP contribution < -0.4 is 11.2 Å². The largest absolute Gasteiger partial charge is 0.352 e. The third-order valence-corrected chi connectivity index (χ3v) is 5.99. The summed E-state index contributed by atoms with van der Waals surface area (Å²) in [7, 11) is -4.26. The first kappa shape index (κ1) is 22.6. The van der Waals surface area contributed by atoms with Crippen LogP contribution in [0.5, 0.6) is 0 Å². The Hall–Kier alpha value is -4.17. The molecule has 0 radical (unpaired) electrons. The fourth-order valence-corrected chi connectivity index (χ4v) is 4.19. The molecule has 0 atom stereocenters. The summed E-state index contributed by atoms with van der Waals surface area (Å²) in [6.45, 7) is -0.0249. The van der Waals surface area contributed by atoms with Crippen molar-refractivity contribution in [2.75, 3.05) is 0 Å². The highest BCUT2D eigenvalue weighted by Crippen LogP contribution is 2.36. The molecule has 0 saturated heterocycles. The Labute approximate surface area is 198 Å². The van der Waals surface area contributed by atoms with Gasteiger partial charge >= 0.3 is 13.3 Å². The molecule has 0 aromatic heterocycles. The van der Waals surface area contributed by atoms with E-state index in [9.17, 15) is 14.2 Å².